The number of rotatable bonds is 2. The first kappa shape index (κ1) is 32.5. The first-order valence-electron chi connectivity index (χ1n) is 4.84. The summed E-state index contributed by atoms with van der Waals surface area (Å²) in [6.07, 6.45) is 5.63. The second kappa shape index (κ2) is 17.7. The molecule has 2 aromatic heterocycles. The van der Waals surface area contributed by atoms with Crippen molar-refractivity contribution in [2.24, 2.45) is 0 Å². The molecule has 0 atom stereocenters. The second-order valence-electron chi connectivity index (χ2n) is 3.05. The summed E-state index contributed by atoms with van der Waals surface area (Å²) in [6.45, 7) is 0. The van der Waals surface area contributed by atoms with E-state index in [1.165, 1.54) is 49.1 Å². The summed E-state index contributed by atoms with van der Waals surface area (Å²) in [4.78, 5) is 27.4. The Labute approximate surface area is 141 Å². The maximum atomic E-state index is 10.1. The third-order valence-electron chi connectivity index (χ3n) is 1.83. The van der Waals surface area contributed by atoms with Crippen LogP contribution >= 0.6 is 0 Å². The molecule has 12 N–H and O–H groups in total. The zero-order valence-corrected chi connectivity index (χ0v) is 13.0. The summed E-state index contributed by atoms with van der Waals surface area (Å²) in [5.74, 6) is -2.34. The molecule has 129 valence electrons. The molecular weight excluding hydrogens is 355 g/mol. The molecule has 2 heterocycles. The van der Waals surface area contributed by atoms with Crippen LogP contribution in [0.15, 0.2) is 49.1 Å². The van der Waals surface area contributed by atoms with Gasteiger partial charge in [-0.05, 0) is 24.3 Å². The fraction of sp³-hybridized carbons (Fsp3) is 0. The minimum absolute atomic E-state index is 0. The van der Waals surface area contributed by atoms with Gasteiger partial charge in [-0.1, -0.05) is 0 Å². The van der Waals surface area contributed by atoms with E-state index >= 15 is 0 Å². The molecule has 0 saturated carbocycles. The van der Waals surface area contributed by atoms with Crippen LogP contribution < -0.4 is 10.2 Å². The number of aromatic nitrogens is 2. The summed E-state index contributed by atoms with van der Waals surface area (Å²) in [7, 11) is 0. The topological polar surface area (TPSA) is 238 Å². The van der Waals surface area contributed by atoms with Gasteiger partial charge in [-0.15, -0.1) is 0 Å². The molecule has 11 heteroatoms. The molecule has 10 nitrogen and oxygen atoms in total. The van der Waals surface area contributed by atoms with E-state index in [2.05, 4.69) is 9.97 Å². The summed E-state index contributed by atoms with van der Waals surface area (Å²) in [5.41, 5.74) is 0.315. The van der Waals surface area contributed by atoms with Crippen molar-refractivity contribution >= 4 is 11.9 Å². The van der Waals surface area contributed by atoms with Crippen LogP contribution in [0.1, 0.15) is 20.7 Å². The van der Waals surface area contributed by atoms with Crippen molar-refractivity contribution in [1.29, 1.82) is 0 Å². The Morgan fingerprint density at radius 2 is 0.870 bits per heavy atom. The monoisotopic (exact) mass is 375 g/mol. The van der Waals surface area contributed by atoms with Gasteiger partial charge >= 0.3 is 17.1 Å². The molecule has 0 unspecified atom stereocenters. The molecule has 0 aliphatic rings. The third-order valence-corrected chi connectivity index (χ3v) is 1.83. The van der Waals surface area contributed by atoms with Crippen LogP contribution in [0.3, 0.4) is 0 Å². The molecule has 0 bridgehead atoms. The van der Waals surface area contributed by atoms with E-state index in [-0.39, 0.29) is 50.1 Å². The predicted molar refractivity (Wildman–Crippen MR) is 76.6 cm³/mol. The van der Waals surface area contributed by atoms with Gasteiger partial charge in [0.1, 0.15) is 0 Å². The van der Waals surface area contributed by atoms with Gasteiger partial charge in [0, 0.05) is 35.9 Å². The molecule has 2 aromatic rings. The molecule has 0 aliphatic carbocycles. The Hall–Kier alpha value is -2.40. The van der Waals surface area contributed by atoms with Crippen molar-refractivity contribution in [3.8, 4) is 0 Å². The number of aromatic carboxylic acids is 2. The number of carboxylic acids is 2. The SMILES string of the molecule is O=C([O-])c1ccncc1.O=C([O-])c1ccncc1.[Mn+2].[OH3+].[OH3+].[OH3+].[OH3+]. The Kier molecular flexibility index (Phi) is 25.0. The fourth-order valence-electron chi connectivity index (χ4n) is 0.976. The molecule has 0 spiro atoms. The van der Waals surface area contributed by atoms with Crippen molar-refractivity contribution < 1.29 is 58.8 Å². The predicted octanol–water partition coefficient (Wildman–Crippen LogP) is -4.80. The Morgan fingerprint density at radius 1 is 0.652 bits per heavy atom. The summed E-state index contributed by atoms with van der Waals surface area (Å²) < 4.78 is 0. The van der Waals surface area contributed by atoms with Crippen molar-refractivity contribution in [2.45, 2.75) is 0 Å². The van der Waals surface area contributed by atoms with Gasteiger partial charge in [0.15, 0.2) is 0 Å². The molecule has 0 amide bonds. The van der Waals surface area contributed by atoms with E-state index in [0.717, 1.165) is 0 Å². The fourth-order valence-corrected chi connectivity index (χ4v) is 0.976. The molecule has 0 aromatic carbocycles. The van der Waals surface area contributed by atoms with Gasteiger partial charge < -0.3 is 41.7 Å². The van der Waals surface area contributed by atoms with Gasteiger partial charge in [-0.3, -0.25) is 9.97 Å². The molecule has 1 radical (unpaired) electrons. The van der Waals surface area contributed by atoms with Crippen molar-refractivity contribution in [2.75, 3.05) is 0 Å². The van der Waals surface area contributed by atoms with Crippen LogP contribution in [0.4, 0.5) is 0 Å². The standard InChI is InChI=1S/2C6H5NO2.Mn.4H2O/c2*8-6(9)5-1-3-7-4-2-5;;;;;/h2*1-4H,(H,8,9);;4*1H2/q;;+2;;;;/p+2. The average molecular weight is 375 g/mol. The number of hydrogen-bond donors (Lipinski definition) is 0. The van der Waals surface area contributed by atoms with E-state index in [1.54, 1.807) is 0 Å². The Bertz CT molecular complexity index is 478. The number of nitrogens with zero attached hydrogens (tertiary/aromatic N) is 2. The zero-order chi connectivity index (χ0) is 13.4. The van der Waals surface area contributed by atoms with Crippen LogP contribution in [0.5, 0.6) is 0 Å². The van der Waals surface area contributed by atoms with Crippen LogP contribution in [0.2, 0.25) is 0 Å². The van der Waals surface area contributed by atoms with Gasteiger partial charge in [-0.25, -0.2) is 0 Å². The Morgan fingerprint density at radius 3 is 1.00 bits per heavy atom. The van der Waals surface area contributed by atoms with Crippen molar-refractivity contribution in [3.63, 3.8) is 0 Å². The number of pyridine rings is 2. The molecule has 0 aliphatic heterocycles. The maximum Gasteiger partial charge on any atom is 2.00 e. The zero-order valence-electron chi connectivity index (χ0n) is 11.8. The number of carbonyl (C=O) groups is 2. The van der Waals surface area contributed by atoms with Gasteiger partial charge in [0.05, 0.1) is 11.9 Å². The van der Waals surface area contributed by atoms with Crippen LogP contribution in [-0.4, -0.2) is 21.9 Å². The van der Waals surface area contributed by atoms with Crippen LogP contribution in [-0.2, 0) is 39.0 Å². The molecule has 23 heavy (non-hydrogen) atoms. The summed E-state index contributed by atoms with van der Waals surface area (Å²) in [5, 5.41) is 20.1. The van der Waals surface area contributed by atoms with Crippen LogP contribution in [0.25, 0.3) is 0 Å². The normalized spacial score (nSPS) is 6.96. The Balaban J connectivity index is -0.0000000771. The minimum atomic E-state index is -1.17. The van der Waals surface area contributed by atoms with Crippen LogP contribution in [0, 0.1) is 0 Å². The maximum absolute atomic E-state index is 10.1. The summed E-state index contributed by atoms with van der Waals surface area (Å²) in [6, 6.07) is 5.54. The number of carboxylic acid groups (broad SMARTS) is 2. The van der Waals surface area contributed by atoms with Gasteiger partial charge in [-0.2, -0.15) is 0 Å². The largest absolute Gasteiger partial charge is 2.00 e. The first-order chi connectivity index (χ1) is 8.61. The smallest absolute Gasteiger partial charge is 0.545 e. The van der Waals surface area contributed by atoms with E-state index in [1.807, 2.05) is 0 Å². The molecule has 0 fully saturated rings. The van der Waals surface area contributed by atoms with Gasteiger partial charge in [0.25, 0.3) is 0 Å². The summed E-state index contributed by atoms with van der Waals surface area (Å²) >= 11 is 0. The third kappa shape index (κ3) is 13.0. The first-order valence-corrected chi connectivity index (χ1v) is 4.84. The average Bonchev–Trinajstić information content (AvgIpc) is 2.41. The quantitative estimate of drug-likeness (QED) is 0.368. The number of carbonyl (C=O) groups excluding carboxylic acids is 2. The van der Waals surface area contributed by atoms with E-state index in [0.29, 0.717) is 0 Å². The van der Waals surface area contributed by atoms with Crippen molar-refractivity contribution in [1.82, 2.24) is 9.97 Å². The molecule has 2 rings (SSSR count). The minimum Gasteiger partial charge on any atom is -0.545 e. The number of hydrogen-bond acceptors (Lipinski definition) is 6. The molecule has 0 saturated heterocycles. The van der Waals surface area contributed by atoms with Gasteiger partial charge in [0.2, 0.25) is 0 Å². The second-order valence-corrected chi connectivity index (χ2v) is 3.05. The van der Waals surface area contributed by atoms with E-state index < -0.39 is 11.9 Å². The van der Waals surface area contributed by atoms with E-state index in [9.17, 15) is 19.8 Å². The molecular formula is C12H20MnN2O8+4. The van der Waals surface area contributed by atoms with E-state index in [4.69, 9.17) is 0 Å². The van der Waals surface area contributed by atoms with Crippen molar-refractivity contribution in [3.05, 3.63) is 60.2 Å².